The van der Waals surface area contributed by atoms with Gasteiger partial charge in [-0.15, -0.1) is 11.3 Å². The summed E-state index contributed by atoms with van der Waals surface area (Å²) in [6.45, 7) is 1.28. The van der Waals surface area contributed by atoms with Crippen LogP contribution in [0.2, 0.25) is 0 Å². The van der Waals surface area contributed by atoms with Gasteiger partial charge in [-0.05, 0) is 29.9 Å². The summed E-state index contributed by atoms with van der Waals surface area (Å²) >= 11 is 8.20. The Hall–Kier alpha value is -1.62. The van der Waals surface area contributed by atoms with Crippen LogP contribution in [-0.4, -0.2) is 18.6 Å². The second kappa shape index (κ2) is 8.47. The Bertz CT molecular complexity index is 691. The fourth-order valence-corrected chi connectivity index (χ4v) is 3.69. The average molecular weight is 362 g/mol. The van der Waals surface area contributed by atoms with E-state index in [-0.39, 0.29) is 12.0 Å². The minimum absolute atomic E-state index is 0.0740. The number of carbonyl (C=O) groups excluding carboxylic acids is 1. The quantitative estimate of drug-likeness (QED) is 0.764. The van der Waals surface area contributed by atoms with Crippen LogP contribution in [0.3, 0.4) is 0 Å². The first-order valence-corrected chi connectivity index (χ1v) is 9.36. The van der Waals surface area contributed by atoms with E-state index in [1.165, 1.54) is 0 Å². The summed E-state index contributed by atoms with van der Waals surface area (Å²) in [5.74, 6) is -0.118. The minimum Gasteiger partial charge on any atom is -0.378 e. The van der Waals surface area contributed by atoms with Gasteiger partial charge in [-0.3, -0.25) is 4.79 Å². The summed E-state index contributed by atoms with van der Waals surface area (Å²) in [5, 5.41) is 5.49. The maximum atomic E-state index is 12.7. The molecule has 1 N–H and O–H groups in total. The van der Waals surface area contributed by atoms with Crippen molar-refractivity contribution in [1.82, 2.24) is 5.32 Å². The van der Waals surface area contributed by atoms with Gasteiger partial charge in [-0.1, -0.05) is 48.0 Å². The van der Waals surface area contributed by atoms with Gasteiger partial charge < -0.3 is 10.1 Å². The molecule has 1 fully saturated rings. The lowest BCUT2D eigenvalue weighted by atomic mass is 10.0. The lowest BCUT2D eigenvalue weighted by Crippen LogP contribution is -2.26. The van der Waals surface area contributed by atoms with Gasteiger partial charge in [0.1, 0.15) is 0 Å². The SMILES string of the molecule is O=C(NCc1cccs1)/C(CC1CCCO1)=C(\Cl)c1ccccc1. The fourth-order valence-electron chi connectivity index (χ4n) is 2.76. The van der Waals surface area contributed by atoms with Crippen LogP contribution >= 0.6 is 22.9 Å². The van der Waals surface area contributed by atoms with E-state index in [4.69, 9.17) is 16.3 Å². The van der Waals surface area contributed by atoms with Gasteiger partial charge in [0.2, 0.25) is 5.91 Å². The van der Waals surface area contributed by atoms with Crippen LogP contribution in [0.5, 0.6) is 0 Å². The third-order valence-electron chi connectivity index (χ3n) is 4.03. The second-order valence-electron chi connectivity index (χ2n) is 5.76. The first kappa shape index (κ1) is 17.2. The molecule has 1 saturated heterocycles. The van der Waals surface area contributed by atoms with Crippen LogP contribution in [0, 0.1) is 0 Å². The average Bonchev–Trinajstić information content (AvgIpc) is 3.31. The predicted molar refractivity (Wildman–Crippen MR) is 99.0 cm³/mol. The van der Waals surface area contributed by atoms with Crippen molar-refractivity contribution in [3.05, 3.63) is 63.9 Å². The van der Waals surface area contributed by atoms with Crippen molar-refractivity contribution in [3.8, 4) is 0 Å². The number of hydrogen-bond donors (Lipinski definition) is 1. The number of benzene rings is 1. The number of halogens is 1. The van der Waals surface area contributed by atoms with Gasteiger partial charge in [-0.25, -0.2) is 0 Å². The van der Waals surface area contributed by atoms with E-state index in [1.807, 2.05) is 47.8 Å². The second-order valence-corrected chi connectivity index (χ2v) is 7.17. The van der Waals surface area contributed by atoms with Crippen LogP contribution in [0.4, 0.5) is 0 Å². The molecule has 1 aliphatic heterocycles. The van der Waals surface area contributed by atoms with E-state index >= 15 is 0 Å². The highest BCUT2D eigenvalue weighted by molar-refractivity contribution is 7.09. The maximum absolute atomic E-state index is 12.7. The van der Waals surface area contributed by atoms with Crippen molar-refractivity contribution in [2.75, 3.05) is 6.61 Å². The van der Waals surface area contributed by atoms with E-state index in [9.17, 15) is 4.79 Å². The molecule has 1 unspecified atom stereocenters. The molecule has 1 amide bonds. The standard InChI is InChI=1S/C19H20ClNO2S/c20-18(14-6-2-1-3-7-14)17(12-15-8-4-10-23-15)19(22)21-13-16-9-5-11-24-16/h1-3,5-7,9,11,15H,4,8,10,12-13H2,(H,21,22)/b18-17-. The predicted octanol–water partition coefficient (Wildman–Crippen LogP) is 4.58. The third kappa shape index (κ3) is 4.47. The molecule has 0 aliphatic carbocycles. The highest BCUT2D eigenvalue weighted by Crippen LogP contribution is 2.29. The van der Waals surface area contributed by atoms with Crippen LogP contribution in [-0.2, 0) is 16.1 Å². The van der Waals surface area contributed by atoms with E-state index in [0.717, 1.165) is 29.9 Å². The fraction of sp³-hybridized carbons (Fsp3) is 0.316. The number of ether oxygens (including phenoxy) is 1. The number of rotatable bonds is 6. The molecule has 1 aromatic carbocycles. The Balaban J connectivity index is 1.79. The molecule has 2 aromatic rings. The largest absolute Gasteiger partial charge is 0.378 e. The Morgan fingerprint density at radius 2 is 2.08 bits per heavy atom. The zero-order valence-electron chi connectivity index (χ0n) is 13.3. The lowest BCUT2D eigenvalue weighted by Gasteiger charge is -2.15. The molecule has 5 heteroatoms. The van der Waals surface area contributed by atoms with Gasteiger partial charge in [-0.2, -0.15) is 0 Å². The molecule has 24 heavy (non-hydrogen) atoms. The summed E-state index contributed by atoms with van der Waals surface area (Å²) < 4.78 is 5.70. The zero-order chi connectivity index (χ0) is 16.8. The molecule has 3 nitrogen and oxygen atoms in total. The molecule has 0 radical (unpaired) electrons. The Labute approximate surface area is 151 Å². The Morgan fingerprint density at radius 1 is 1.25 bits per heavy atom. The van der Waals surface area contributed by atoms with Gasteiger partial charge in [0, 0.05) is 23.5 Å². The molecular formula is C19H20ClNO2S. The van der Waals surface area contributed by atoms with Gasteiger partial charge in [0.15, 0.2) is 0 Å². The molecular weight excluding hydrogens is 342 g/mol. The molecule has 1 atom stereocenters. The summed E-state index contributed by atoms with van der Waals surface area (Å²) in [4.78, 5) is 13.9. The maximum Gasteiger partial charge on any atom is 0.249 e. The number of thiophene rings is 1. The molecule has 1 aromatic heterocycles. The molecule has 0 saturated carbocycles. The molecule has 0 spiro atoms. The summed E-state index contributed by atoms with van der Waals surface area (Å²) in [5.41, 5.74) is 1.46. The summed E-state index contributed by atoms with van der Waals surface area (Å²) in [6, 6.07) is 13.6. The van der Waals surface area contributed by atoms with Gasteiger partial charge in [0.05, 0.1) is 17.7 Å². The van der Waals surface area contributed by atoms with Crippen LogP contribution in [0.25, 0.3) is 5.03 Å². The van der Waals surface area contributed by atoms with Gasteiger partial charge >= 0.3 is 0 Å². The van der Waals surface area contributed by atoms with Crippen LogP contribution in [0.15, 0.2) is 53.4 Å². The Morgan fingerprint density at radius 3 is 2.75 bits per heavy atom. The van der Waals surface area contributed by atoms with Gasteiger partial charge in [0.25, 0.3) is 0 Å². The first-order chi connectivity index (χ1) is 11.7. The van der Waals surface area contributed by atoms with E-state index < -0.39 is 0 Å². The third-order valence-corrected chi connectivity index (χ3v) is 5.35. The van der Waals surface area contributed by atoms with Crippen molar-refractivity contribution >= 4 is 33.9 Å². The normalized spacial score (nSPS) is 18.3. The van der Waals surface area contributed by atoms with Crippen molar-refractivity contribution in [1.29, 1.82) is 0 Å². The highest BCUT2D eigenvalue weighted by Gasteiger charge is 2.23. The molecule has 1 aliphatic rings. The lowest BCUT2D eigenvalue weighted by molar-refractivity contribution is -0.118. The van der Waals surface area contributed by atoms with E-state index in [0.29, 0.717) is 23.6 Å². The highest BCUT2D eigenvalue weighted by atomic mass is 35.5. The topological polar surface area (TPSA) is 38.3 Å². The molecule has 2 heterocycles. The number of amides is 1. The zero-order valence-corrected chi connectivity index (χ0v) is 14.9. The molecule has 3 rings (SSSR count). The van der Waals surface area contributed by atoms with E-state index in [1.54, 1.807) is 11.3 Å². The number of hydrogen-bond acceptors (Lipinski definition) is 3. The van der Waals surface area contributed by atoms with Crippen LogP contribution in [0.1, 0.15) is 29.7 Å². The van der Waals surface area contributed by atoms with Crippen LogP contribution < -0.4 is 5.32 Å². The molecule has 0 bridgehead atoms. The van der Waals surface area contributed by atoms with Crippen molar-refractivity contribution < 1.29 is 9.53 Å². The number of nitrogens with one attached hydrogen (secondary N) is 1. The Kier molecular flexibility index (Phi) is 6.07. The van der Waals surface area contributed by atoms with Crippen molar-refractivity contribution in [3.63, 3.8) is 0 Å². The monoisotopic (exact) mass is 361 g/mol. The molecule has 126 valence electrons. The summed E-state index contributed by atoms with van der Waals surface area (Å²) in [7, 11) is 0. The minimum atomic E-state index is -0.118. The van der Waals surface area contributed by atoms with E-state index in [2.05, 4.69) is 5.32 Å². The first-order valence-electron chi connectivity index (χ1n) is 8.10. The smallest absolute Gasteiger partial charge is 0.249 e. The summed E-state index contributed by atoms with van der Waals surface area (Å²) in [6.07, 6.45) is 2.63. The number of carbonyl (C=O) groups is 1. The van der Waals surface area contributed by atoms with Crippen molar-refractivity contribution in [2.24, 2.45) is 0 Å². The van der Waals surface area contributed by atoms with Crippen molar-refractivity contribution in [2.45, 2.75) is 31.9 Å².